The molecule has 0 bridgehead atoms. The van der Waals surface area contributed by atoms with Gasteiger partial charge in [-0.15, -0.1) is 0 Å². The third-order valence-corrected chi connectivity index (χ3v) is 1.79. The van der Waals surface area contributed by atoms with Crippen LogP contribution in [0.2, 0.25) is 5.28 Å². The quantitative estimate of drug-likeness (QED) is 0.743. The van der Waals surface area contributed by atoms with Crippen LogP contribution in [0.3, 0.4) is 0 Å². The largest absolute Gasteiger partial charge is 0.392 e. The molecule has 5 nitrogen and oxygen atoms in total. The fourth-order valence-electron chi connectivity index (χ4n) is 0.980. The molecule has 1 atom stereocenters. The molecule has 0 radical (unpaired) electrons. The van der Waals surface area contributed by atoms with Crippen molar-refractivity contribution < 1.29 is 9.90 Å². The molecule has 0 spiro atoms. The lowest BCUT2D eigenvalue weighted by Crippen LogP contribution is -2.31. The predicted octanol–water partition coefficient (Wildman–Crippen LogP) is 0.549. The van der Waals surface area contributed by atoms with E-state index < -0.39 is 6.10 Å². The van der Waals surface area contributed by atoms with Crippen LogP contribution in [0.1, 0.15) is 23.1 Å². The van der Waals surface area contributed by atoms with Gasteiger partial charge in [0.15, 0.2) is 0 Å². The van der Waals surface area contributed by atoms with Crippen molar-refractivity contribution in [2.75, 3.05) is 6.54 Å². The molecule has 0 aliphatic rings. The summed E-state index contributed by atoms with van der Waals surface area (Å²) in [4.78, 5) is 19.1. The summed E-state index contributed by atoms with van der Waals surface area (Å²) < 4.78 is 0. The summed E-state index contributed by atoms with van der Waals surface area (Å²) in [6.45, 7) is 3.48. The molecular weight excluding hydrogens is 218 g/mol. The normalized spacial score (nSPS) is 12.3. The van der Waals surface area contributed by atoms with Crippen molar-refractivity contribution in [1.82, 2.24) is 15.3 Å². The standard InChI is InChI=1S/C9H12ClN3O2/c1-5-3-7(13-9(10)12-5)8(15)11-4-6(2)14/h3,6,14H,4H2,1-2H3,(H,11,15)/t6-/m0/s1. The van der Waals surface area contributed by atoms with Crippen LogP contribution in [0.4, 0.5) is 0 Å². The van der Waals surface area contributed by atoms with Crippen molar-refractivity contribution in [2.24, 2.45) is 0 Å². The number of carbonyl (C=O) groups is 1. The minimum absolute atomic E-state index is 0.0391. The van der Waals surface area contributed by atoms with E-state index in [0.717, 1.165) is 0 Å². The van der Waals surface area contributed by atoms with E-state index in [9.17, 15) is 4.79 Å². The van der Waals surface area contributed by atoms with Crippen molar-refractivity contribution in [2.45, 2.75) is 20.0 Å². The van der Waals surface area contributed by atoms with Crippen LogP contribution in [0.15, 0.2) is 6.07 Å². The molecule has 82 valence electrons. The maximum absolute atomic E-state index is 11.5. The van der Waals surface area contributed by atoms with Gasteiger partial charge >= 0.3 is 0 Å². The number of hydrogen-bond donors (Lipinski definition) is 2. The van der Waals surface area contributed by atoms with Gasteiger partial charge in [0.2, 0.25) is 5.28 Å². The molecule has 1 aromatic heterocycles. The molecule has 1 aromatic rings. The average molecular weight is 230 g/mol. The zero-order valence-electron chi connectivity index (χ0n) is 8.49. The van der Waals surface area contributed by atoms with Crippen LogP contribution in [0.25, 0.3) is 0 Å². The monoisotopic (exact) mass is 229 g/mol. The lowest BCUT2D eigenvalue weighted by atomic mass is 10.3. The van der Waals surface area contributed by atoms with Gasteiger partial charge in [-0.2, -0.15) is 0 Å². The second-order valence-corrected chi connectivity index (χ2v) is 3.56. The maximum Gasteiger partial charge on any atom is 0.270 e. The first-order valence-corrected chi connectivity index (χ1v) is 4.84. The van der Waals surface area contributed by atoms with E-state index in [1.165, 1.54) is 6.07 Å². The number of aromatic nitrogens is 2. The van der Waals surface area contributed by atoms with Gasteiger partial charge in [-0.05, 0) is 31.5 Å². The first-order valence-electron chi connectivity index (χ1n) is 4.46. The second-order valence-electron chi connectivity index (χ2n) is 3.22. The summed E-state index contributed by atoms with van der Waals surface area (Å²) in [6.07, 6.45) is -0.590. The van der Waals surface area contributed by atoms with Crippen LogP contribution < -0.4 is 5.32 Å². The number of rotatable bonds is 3. The molecule has 1 heterocycles. The molecule has 15 heavy (non-hydrogen) atoms. The van der Waals surface area contributed by atoms with Crippen molar-refractivity contribution in [1.29, 1.82) is 0 Å². The molecule has 0 aromatic carbocycles. The fourth-order valence-corrected chi connectivity index (χ4v) is 1.20. The van der Waals surface area contributed by atoms with Gasteiger partial charge in [-0.3, -0.25) is 4.79 Å². The summed E-state index contributed by atoms with van der Waals surface area (Å²) in [6, 6.07) is 1.53. The Morgan fingerprint density at radius 1 is 1.67 bits per heavy atom. The minimum Gasteiger partial charge on any atom is -0.392 e. The molecule has 0 fully saturated rings. The van der Waals surface area contributed by atoms with Gasteiger partial charge in [-0.25, -0.2) is 9.97 Å². The SMILES string of the molecule is Cc1cc(C(=O)NC[C@H](C)O)nc(Cl)n1. The Morgan fingerprint density at radius 2 is 2.33 bits per heavy atom. The third-order valence-electron chi connectivity index (χ3n) is 1.62. The summed E-state index contributed by atoms with van der Waals surface area (Å²) >= 11 is 5.61. The van der Waals surface area contributed by atoms with Crippen LogP contribution >= 0.6 is 11.6 Å². The second kappa shape index (κ2) is 5.04. The third kappa shape index (κ3) is 3.81. The van der Waals surface area contributed by atoms with Gasteiger partial charge in [-0.1, -0.05) is 0 Å². The van der Waals surface area contributed by atoms with E-state index in [1.54, 1.807) is 13.8 Å². The van der Waals surface area contributed by atoms with Gasteiger partial charge in [0.25, 0.3) is 5.91 Å². The predicted molar refractivity (Wildman–Crippen MR) is 55.8 cm³/mol. The number of hydrogen-bond acceptors (Lipinski definition) is 4. The molecule has 0 saturated heterocycles. The Bertz CT molecular complexity index is 348. The molecule has 0 aliphatic carbocycles. The Balaban J connectivity index is 2.73. The number of nitrogens with one attached hydrogen (secondary N) is 1. The summed E-state index contributed by atoms with van der Waals surface area (Å²) in [5, 5.41) is 11.5. The highest BCUT2D eigenvalue weighted by atomic mass is 35.5. The average Bonchev–Trinajstić information content (AvgIpc) is 2.12. The topological polar surface area (TPSA) is 75.1 Å². The number of aliphatic hydroxyl groups excluding tert-OH is 1. The van der Waals surface area contributed by atoms with Crippen molar-refractivity contribution in [3.63, 3.8) is 0 Å². The van der Waals surface area contributed by atoms with E-state index >= 15 is 0 Å². The first kappa shape index (κ1) is 11.9. The van der Waals surface area contributed by atoms with E-state index in [1.807, 2.05) is 0 Å². The van der Waals surface area contributed by atoms with E-state index in [2.05, 4.69) is 15.3 Å². The molecule has 0 unspecified atom stereocenters. The zero-order chi connectivity index (χ0) is 11.4. The maximum atomic E-state index is 11.5. The van der Waals surface area contributed by atoms with E-state index in [0.29, 0.717) is 5.69 Å². The highest BCUT2D eigenvalue weighted by Crippen LogP contribution is 2.04. The Kier molecular flexibility index (Phi) is 3.99. The van der Waals surface area contributed by atoms with Crippen molar-refractivity contribution >= 4 is 17.5 Å². The number of halogens is 1. The van der Waals surface area contributed by atoms with Crippen molar-refractivity contribution in [3.05, 3.63) is 22.7 Å². The molecule has 1 amide bonds. The smallest absolute Gasteiger partial charge is 0.270 e. The Morgan fingerprint density at radius 3 is 2.87 bits per heavy atom. The van der Waals surface area contributed by atoms with Crippen LogP contribution in [0, 0.1) is 6.92 Å². The first-order chi connectivity index (χ1) is 6.99. The molecule has 0 saturated carbocycles. The highest BCUT2D eigenvalue weighted by molar-refractivity contribution is 6.28. The van der Waals surface area contributed by atoms with Gasteiger partial charge < -0.3 is 10.4 Å². The number of nitrogens with zero attached hydrogens (tertiary/aromatic N) is 2. The molecule has 0 aliphatic heterocycles. The van der Waals surface area contributed by atoms with Gasteiger partial charge in [0.05, 0.1) is 6.10 Å². The van der Waals surface area contributed by atoms with Gasteiger partial charge in [0, 0.05) is 12.2 Å². The van der Waals surface area contributed by atoms with Gasteiger partial charge in [0.1, 0.15) is 5.69 Å². The Labute approximate surface area is 92.5 Å². The number of amides is 1. The highest BCUT2D eigenvalue weighted by Gasteiger charge is 2.09. The van der Waals surface area contributed by atoms with Crippen LogP contribution in [-0.4, -0.2) is 33.6 Å². The van der Waals surface area contributed by atoms with Crippen molar-refractivity contribution in [3.8, 4) is 0 Å². The zero-order valence-corrected chi connectivity index (χ0v) is 9.25. The number of aryl methyl sites for hydroxylation is 1. The molecule has 2 N–H and O–H groups in total. The molecule has 1 rings (SSSR count). The lowest BCUT2D eigenvalue weighted by molar-refractivity contribution is 0.0919. The number of aliphatic hydroxyl groups is 1. The summed E-state index contributed by atoms with van der Waals surface area (Å²) in [7, 11) is 0. The molecule has 6 heteroatoms. The van der Waals surface area contributed by atoms with E-state index in [4.69, 9.17) is 16.7 Å². The Hall–Kier alpha value is -1.20. The summed E-state index contributed by atoms with van der Waals surface area (Å²) in [5.74, 6) is -0.372. The van der Waals surface area contributed by atoms with Crippen LogP contribution in [-0.2, 0) is 0 Å². The lowest BCUT2D eigenvalue weighted by Gasteiger charge is -2.06. The minimum atomic E-state index is -0.590. The van der Waals surface area contributed by atoms with E-state index in [-0.39, 0.29) is 23.4 Å². The molecular formula is C9H12ClN3O2. The summed E-state index contributed by atoms with van der Waals surface area (Å²) in [5.41, 5.74) is 0.824. The van der Waals surface area contributed by atoms with Crippen LogP contribution in [0.5, 0.6) is 0 Å². The fraction of sp³-hybridized carbons (Fsp3) is 0.444. The number of carbonyl (C=O) groups excluding carboxylic acids is 1.